The van der Waals surface area contributed by atoms with Crippen molar-refractivity contribution in [3.63, 3.8) is 0 Å². The molecule has 0 radical (unpaired) electrons. The third kappa shape index (κ3) is 14.0. The Bertz CT molecular complexity index is 2380. The lowest BCUT2D eigenvalue weighted by atomic mass is 9.83. The van der Waals surface area contributed by atoms with Crippen LogP contribution in [0.3, 0.4) is 0 Å². The van der Waals surface area contributed by atoms with Gasteiger partial charge in [0.05, 0.1) is 64.9 Å². The summed E-state index contributed by atoms with van der Waals surface area (Å²) < 4.78 is 14.2. The van der Waals surface area contributed by atoms with E-state index >= 15 is 0 Å². The summed E-state index contributed by atoms with van der Waals surface area (Å²) in [6.45, 7) is 15.9. The summed E-state index contributed by atoms with van der Waals surface area (Å²) in [5.41, 5.74) is 1.52. The first-order valence-corrected chi connectivity index (χ1v) is 28.7. The van der Waals surface area contributed by atoms with Crippen molar-refractivity contribution in [2.45, 2.75) is 153 Å². The van der Waals surface area contributed by atoms with E-state index in [0.717, 1.165) is 29.1 Å². The second kappa shape index (κ2) is 25.6. The zero-order chi connectivity index (χ0) is 52.5. The van der Waals surface area contributed by atoms with Crippen LogP contribution in [0.5, 0.6) is 0 Å². The molecule has 2 aromatic carbocycles. The molecule has 3 aromatic rings. The fourth-order valence-electron chi connectivity index (χ4n) is 10.3. The van der Waals surface area contributed by atoms with Gasteiger partial charge < -0.3 is 45.9 Å². The fourth-order valence-corrected chi connectivity index (χ4v) is 14.0. The highest BCUT2D eigenvalue weighted by molar-refractivity contribution is 8.00. The molecule has 0 spiro atoms. The standard InChI is InChI=1S/C53H76N10O6S4/c1-9-33(2)48(70)57-38-21-25-72-42-27-52(4,5)44(62(42)50(38)66)46(64)55-40(35-17-12-10-13-18-35)31-68-24-16-23-61-29-37(59-60-61)30-69-32-41(36-19-14-11-15-20-36)56-47(65)45-53(6,7)28-43-63(45)51(67)39(22-26-73-43)58-49(71)34(3)54-8/h10-15,17-20,29,33-34,38-45,54H,9,16,21-28,30-32H2,1-8H3,(H,55,64)(H,56,65)(H,57,70)(H,58,71)/t33-,34+,38+,39+,40-,41-,42+,43+,44-,45-/m1/s1. The highest BCUT2D eigenvalue weighted by Crippen LogP contribution is 2.48. The number of hydrogen-bond donors (Lipinski definition) is 5. The first-order chi connectivity index (χ1) is 34.9. The highest BCUT2D eigenvalue weighted by atomic mass is 32.2. The molecule has 4 aliphatic heterocycles. The van der Waals surface area contributed by atoms with Gasteiger partial charge in [-0.25, -0.2) is 0 Å². The minimum Gasteiger partial charge on any atom is -0.379 e. The molecule has 1 aromatic heterocycles. The quantitative estimate of drug-likeness (QED) is 0.0556. The number of hydrogen-bond acceptors (Lipinski definition) is 13. The number of likely N-dealkylation sites (N-methyl/N-ethyl adjacent to an activating group) is 1. The molecule has 7 rings (SSSR count). The van der Waals surface area contributed by atoms with Crippen molar-refractivity contribution >= 4 is 81.6 Å². The number of aryl methyl sites for hydroxylation is 1. The average Bonchev–Trinajstić information content (AvgIpc) is 3.96. The molecule has 0 bridgehead atoms. The lowest BCUT2D eigenvalue weighted by Crippen LogP contribution is -2.58. The number of carbonyl (C=O) groups is 4. The molecule has 0 unspecified atom stereocenters. The maximum absolute atomic E-state index is 14.5. The van der Waals surface area contributed by atoms with Crippen molar-refractivity contribution in [1.82, 2.24) is 51.4 Å². The molecule has 16 nitrogen and oxygen atoms in total. The van der Waals surface area contributed by atoms with Crippen molar-refractivity contribution in [2.75, 3.05) is 38.4 Å². The molecule has 5 N–H and O–H groups in total. The van der Waals surface area contributed by atoms with Crippen LogP contribution in [0.15, 0.2) is 66.9 Å². The topological polar surface area (TPSA) is 184 Å². The Morgan fingerprint density at radius 3 is 1.75 bits per heavy atom. The van der Waals surface area contributed by atoms with Gasteiger partial charge in [-0.1, -0.05) is 132 Å². The number of aromatic nitrogens is 3. The number of amides is 4. The van der Waals surface area contributed by atoms with Crippen LogP contribution in [0.4, 0.5) is 0 Å². The highest BCUT2D eigenvalue weighted by Gasteiger charge is 2.56. The van der Waals surface area contributed by atoms with Gasteiger partial charge in [-0.2, -0.15) is 0 Å². The summed E-state index contributed by atoms with van der Waals surface area (Å²) in [5.74, 6) is 1.15. The molecule has 4 amide bonds. The molecule has 398 valence electrons. The van der Waals surface area contributed by atoms with Crippen molar-refractivity contribution in [2.24, 2.45) is 16.7 Å². The van der Waals surface area contributed by atoms with Gasteiger partial charge >= 0.3 is 0 Å². The maximum atomic E-state index is 14.5. The molecular formula is C53H76N10O6S4. The van der Waals surface area contributed by atoms with Gasteiger partial charge in [-0.05, 0) is 86.0 Å². The van der Waals surface area contributed by atoms with Gasteiger partial charge in [0, 0.05) is 19.1 Å². The van der Waals surface area contributed by atoms with Crippen molar-refractivity contribution in [3.05, 3.63) is 83.7 Å². The predicted molar refractivity (Wildman–Crippen MR) is 297 cm³/mol. The minimum absolute atomic E-state index is 0.0699. The SMILES string of the molecule is CC[C@@H](C)C(=S)N[C@H]1CCS[C@H]2CC(C)(C)[C@@H](C(=O)N[C@H](COCCCn3cc(COC[C@@H](NC(=O)[C@H]4N5C(=O)[C@@H](NC(=S)[C@H](C)NC)CCS[C@H]5CC4(C)C)c4ccccc4)nn3)c3ccccc3)N2C1=O. The number of thiocarbonyl (C=S) groups is 2. The average molecular weight is 1080 g/mol. The van der Waals surface area contributed by atoms with E-state index in [-0.39, 0.29) is 66.2 Å². The number of rotatable bonds is 22. The Morgan fingerprint density at radius 2 is 1.26 bits per heavy atom. The number of benzene rings is 2. The van der Waals surface area contributed by atoms with Gasteiger partial charge in [0.15, 0.2) is 0 Å². The lowest BCUT2D eigenvalue weighted by molar-refractivity contribution is -0.142. The second-order valence-electron chi connectivity index (χ2n) is 21.2. The van der Waals surface area contributed by atoms with E-state index in [2.05, 4.69) is 78.4 Å². The van der Waals surface area contributed by atoms with Crippen molar-refractivity contribution in [1.29, 1.82) is 0 Å². The Balaban J connectivity index is 0.920. The molecule has 4 fully saturated rings. The van der Waals surface area contributed by atoms with Crippen molar-refractivity contribution in [3.8, 4) is 0 Å². The lowest BCUT2D eigenvalue weighted by Gasteiger charge is -2.35. The van der Waals surface area contributed by atoms with E-state index in [0.29, 0.717) is 60.9 Å². The Hall–Kier alpha value is -4.18. The Labute approximate surface area is 451 Å². The van der Waals surface area contributed by atoms with Crippen LogP contribution in [0, 0.1) is 16.7 Å². The second-order valence-corrected chi connectivity index (χ2v) is 24.7. The molecule has 10 atom stereocenters. The molecule has 4 saturated heterocycles. The third-order valence-corrected chi connectivity index (χ3v) is 18.2. The molecular weight excluding hydrogens is 1000 g/mol. The van der Waals surface area contributed by atoms with E-state index in [1.165, 1.54) is 0 Å². The molecule has 20 heteroatoms. The van der Waals surface area contributed by atoms with E-state index in [4.69, 9.17) is 33.9 Å². The number of fused-ring (bicyclic) bond motifs is 2. The van der Waals surface area contributed by atoms with Crippen LogP contribution in [0.1, 0.15) is 116 Å². The smallest absolute Gasteiger partial charge is 0.246 e. The Kier molecular flexibility index (Phi) is 19.8. The van der Waals surface area contributed by atoms with Crippen LogP contribution in [0.25, 0.3) is 0 Å². The van der Waals surface area contributed by atoms with Crippen LogP contribution in [-0.2, 0) is 41.8 Å². The number of nitrogens with zero attached hydrogens (tertiary/aromatic N) is 5. The first-order valence-electron chi connectivity index (χ1n) is 25.8. The van der Waals surface area contributed by atoms with Gasteiger partial charge in [-0.3, -0.25) is 23.9 Å². The van der Waals surface area contributed by atoms with E-state index in [1.807, 2.05) is 85.7 Å². The first kappa shape index (κ1) is 56.5. The van der Waals surface area contributed by atoms with Crippen molar-refractivity contribution < 1.29 is 28.7 Å². The molecule has 0 aliphatic carbocycles. The van der Waals surface area contributed by atoms with Crippen LogP contribution in [0.2, 0.25) is 0 Å². The summed E-state index contributed by atoms with van der Waals surface area (Å²) >= 11 is 14.8. The zero-order valence-electron chi connectivity index (χ0n) is 43.6. The van der Waals surface area contributed by atoms with Gasteiger partial charge in [0.2, 0.25) is 23.6 Å². The van der Waals surface area contributed by atoms with E-state index < -0.39 is 47.1 Å². The summed E-state index contributed by atoms with van der Waals surface area (Å²) in [6, 6.07) is 16.2. The van der Waals surface area contributed by atoms with Crippen LogP contribution < -0.4 is 26.6 Å². The summed E-state index contributed by atoms with van der Waals surface area (Å²) in [6.07, 6.45) is 6.05. The monoisotopic (exact) mass is 1080 g/mol. The molecule has 73 heavy (non-hydrogen) atoms. The van der Waals surface area contributed by atoms with Gasteiger partial charge in [0.25, 0.3) is 0 Å². The minimum atomic E-state index is -0.688. The van der Waals surface area contributed by atoms with E-state index in [9.17, 15) is 19.2 Å². The van der Waals surface area contributed by atoms with Gasteiger partial charge in [0.1, 0.15) is 29.9 Å². The predicted octanol–water partition coefficient (Wildman–Crippen LogP) is 6.32. The normalized spacial score (nSPS) is 25.0. The fraction of sp³-hybridized carbons (Fsp3) is 0.623. The summed E-state index contributed by atoms with van der Waals surface area (Å²) in [7, 11) is 1.83. The molecule has 4 aliphatic rings. The van der Waals surface area contributed by atoms with Crippen LogP contribution >= 0.6 is 48.0 Å². The Morgan fingerprint density at radius 1 is 0.767 bits per heavy atom. The number of ether oxygens (including phenoxy) is 2. The molecule has 0 saturated carbocycles. The summed E-state index contributed by atoms with van der Waals surface area (Å²) in [4.78, 5) is 62.4. The summed E-state index contributed by atoms with van der Waals surface area (Å²) in [5, 5.41) is 24.8. The largest absolute Gasteiger partial charge is 0.379 e. The third-order valence-electron chi connectivity index (χ3n) is 14.7. The maximum Gasteiger partial charge on any atom is 0.246 e. The van der Waals surface area contributed by atoms with Gasteiger partial charge in [-0.15, -0.1) is 28.6 Å². The number of thioether (sulfide) groups is 2. The number of carbonyl (C=O) groups excluding carboxylic acids is 4. The number of nitrogens with one attached hydrogen (secondary N) is 5. The van der Waals surface area contributed by atoms with E-state index in [1.54, 1.807) is 33.1 Å². The zero-order valence-corrected chi connectivity index (χ0v) is 46.9. The molecule has 5 heterocycles. The van der Waals surface area contributed by atoms with Crippen LogP contribution in [-0.4, -0.2) is 138 Å².